The fourth-order valence-electron chi connectivity index (χ4n) is 2.36. The highest BCUT2D eigenvalue weighted by Gasteiger charge is 2.31. The lowest BCUT2D eigenvalue weighted by atomic mass is 10.2. The molecular weight excluding hydrogens is 358 g/mol. The Morgan fingerprint density at radius 2 is 2.08 bits per heavy atom. The van der Waals surface area contributed by atoms with Gasteiger partial charge in [0.15, 0.2) is 0 Å². The molecule has 3 rings (SSSR count). The van der Waals surface area contributed by atoms with Crippen LogP contribution in [-0.4, -0.2) is 37.4 Å². The maximum absolute atomic E-state index is 12.3. The normalized spacial score (nSPS) is 16.0. The molecule has 8 heteroatoms. The van der Waals surface area contributed by atoms with Crippen LogP contribution in [0.15, 0.2) is 47.6 Å². The van der Waals surface area contributed by atoms with Crippen LogP contribution in [0.2, 0.25) is 0 Å². The van der Waals surface area contributed by atoms with Crippen molar-refractivity contribution >= 4 is 46.3 Å². The number of nitrogens with zero attached hydrogens (tertiary/aromatic N) is 3. The van der Waals surface area contributed by atoms with Gasteiger partial charge < -0.3 is 9.90 Å². The zero-order valence-corrected chi connectivity index (χ0v) is 14.8. The summed E-state index contributed by atoms with van der Waals surface area (Å²) >= 11 is 6.31. The van der Waals surface area contributed by atoms with Gasteiger partial charge in [-0.05, 0) is 11.6 Å². The molecule has 1 aromatic heterocycles. The van der Waals surface area contributed by atoms with Crippen LogP contribution in [-0.2, 0) is 16.1 Å². The van der Waals surface area contributed by atoms with E-state index >= 15 is 0 Å². The van der Waals surface area contributed by atoms with Crippen LogP contribution in [0, 0.1) is 0 Å². The highest BCUT2D eigenvalue weighted by atomic mass is 32.2. The maximum Gasteiger partial charge on any atom is 0.266 e. The van der Waals surface area contributed by atoms with Crippen LogP contribution in [0.4, 0.5) is 0 Å². The number of carbonyl (C=O) groups excluding carboxylic acids is 2. The number of aromatic nitrogens is 2. The van der Waals surface area contributed by atoms with Gasteiger partial charge in [-0.15, -0.1) is 0 Å². The standard InChI is InChI=1S/C17H15N3O3S2/c21-15(22)6-7-20-16(23)14(25-17(20)24)8-13-9-18-19(11-13)10-12-4-2-1-3-5-12/h1-5,8-9,11H,6-7,10H2,(H,21,22)/p-1/b14-8+. The molecule has 1 aliphatic rings. The number of benzene rings is 1. The minimum absolute atomic E-state index is 0.0254. The third kappa shape index (κ3) is 4.34. The Kier molecular flexibility index (Phi) is 5.30. The van der Waals surface area contributed by atoms with Gasteiger partial charge in [0.2, 0.25) is 0 Å². The van der Waals surface area contributed by atoms with E-state index in [1.807, 2.05) is 36.5 Å². The lowest BCUT2D eigenvalue weighted by molar-refractivity contribution is -0.305. The van der Waals surface area contributed by atoms with Gasteiger partial charge >= 0.3 is 0 Å². The van der Waals surface area contributed by atoms with Crippen molar-refractivity contribution in [2.45, 2.75) is 13.0 Å². The predicted molar refractivity (Wildman–Crippen MR) is 97.3 cm³/mol. The highest BCUT2D eigenvalue weighted by Crippen LogP contribution is 2.32. The van der Waals surface area contributed by atoms with Gasteiger partial charge in [-0.1, -0.05) is 54.3 Å². The summed E-state index contributed by atoms with van der Waals surface area (Å²) < 4.78 is 2.15. The van der Waals surface area contributed by atoms with E-state index in [9.17, 15) is 14.7 Å². The van der Waals surface area contributed by atoms with E-state index in [1.165, 1.54) is 4.90 Å². The number of carboxylic acid groups (broad SMARTS) is 1. The number of hydrogen-bond donors (Lipinski definition) is 0. The third-order valence-corrected chi connectivity index (χ3v) is 4.93. The summed E-state index contributed by atoms with van der Waals surface area (Å²) in [6.07, 6.45) is 5.00. The molecule has 0 aliphatic carbocycles. The average molecular weight is 372 g/mol. The fraction of sp³-hybridized carbons (Fsp3) is 0.176. The Hall–Kier alpha value is -2.45. The summed E-state index contributed by atoms with van der Waals surface area (Å²) in [7, 11) is 0. The van der Waals surface area contributed by atoms with E-state index < -0.39 is 5.97 Å². The van der Waals surface area contributed by atoms with Crippen molar-refractivity contribution in [3.8, 4) is 0 Å². The molecule has 0 spiro atoms. The number of thiocarbonyl (C=S) groups is 1. The average Bonchev–Trinajstić information content (AvgIpc) is 3.12. The van der Waals surface area contributed by atoms with E-state index in [2.05, 4.69) is 5.10 Å². The van der Waals surface area contributed by atoms with Crippen molar-refractivity contribution in [2.75, 3.05) is 6.54 Å². The highest BCUT2D eigenvalue weighted by molar-refractivity contribution is 8.26. The van der Waals surface area contributed by atoms with E-state index in [0.29, 0.717) is 15.8 Å². The van der Waals surface area contributed by atoms with Crippen LogP contribution < -0.4 is 5.11 Å². The van der Waals surface area contributed by atoms with Gasteiger partial charge in [0.05, 0.1) is 17.6 Å². The molecule has 0 bridgehead atoms. The zero-order valence-electron chi connectivity index (χ0n) is 13.1. The molecule has 0 unspecified atom stereocenters. The monoisotopic (exact) mass is 372 g/mol. The molecule has 0 N–H and O–H groups in total. The van der Waals surface area contributed by atoms with Gasteiger partial charge in [-0.25, -0.2) is 0 Å². The first-order valence-electron chi connectivity index (χ1n) is 7.54. The molecule has 1 aromatic carbocycles. The molecule has 1 aliphatic heterocycles. The lowest BCUT2D eigenvalue weighted by Crippen LogP contribution is -2.33. The summed E-state index contributed by atoms with van der Waals surface area (Å²) in [4.78, 5) is 24.7. The Bertz CT molecular complexity index is 846. The molecule has 1 amide bonds. The van der Waals surface area contributed by atoms with E-state index in [4.69, 9.17) is 12.2 Å². The first-order chi connectivity index (χ1) is 12.0. The first-order valence-corrected chi connectivity index (χ1v) is 8.77. The summed E-state index contributed by atoms with van der Waals surface area (Å²) in [6, 6.07) is 9.93. The number of rotatable bonds is 6. The van der Waals surface area contributed by atoms with E-state index in [-0.39, 0.29) is 18.9 Å². The summed E-state index contributed by atoms with van der Waals surface area (Å²) in [5.41, 5.74) is 1.92. The van der Waals surface area contributed by atoms with Crippen molar-refractivity contribution in [3.05, 3.63) is 58.8 Å². The number of thioether (sulfide) groups is 1. The fourth-order valence-corrected chi connectivity index (χ4v) is 3.67. The second kappa shape index (κ2) is 7.62. The van der Waals surface area contributed by atoms with Crippen molar-refractivity contribution in [1.82, 2.24) is 14.7 Å². The second-order valence-corrected chi connectivity index (χ2v) is 7.09. The molecule has 2 heterocycles. The van der Waals surface area contributed by atoms with Gasteiger partial charge in [0.25, 0.3) is 5.91 Å². The molecule has 128 valence electrons. The van der Waals surface area contributed by atoms with Crippen molar-refractivity contribution < 1.29 is 14.7 Å². The quantitative estimate of drug-likeness (QED) is 0.561. The second-order valence-electron chi connectivity index (χ2n) is 5.41. The van der Waals surface area contributed by atoms with Gasteiger partial charge in [0, 0.05) is 30.7 Å². The lowest BCUT2D eigenvalue weighted by Gasteiger charge is -2.14. The molecule has 0 saturated carbocycles. The number of aliphatic carboxylic acids is 1. The maximum atomic E-state index is 12.3. The largest absolute Gasteiger partial charge is 0.550 e. The third-order valence-electron chi connectivity index (χ3n) is 3.55. The number of hydrogen-bond acceptors (Lipinski definition) is 6. The molecule has 1 saturated heterocycles. The predicted octanol–water partition coefficient (Wildman–Crippen LogP) is 1.27. The van der Waals surface area contributed by atoms with Gasteiger partial charge in [0.1, 0.15) is 4.32 Å². The van der Waals surface area contributed by atoms with Gasteiger partial charge in [-0.2, -0.15) is 5.10 Å². The van der Waals surface area contributed by atoms with Crippen LogP contribution in [0.25, 0.3) is 6.08 Å². The van der Waals surface area contributed by atoms with Crippen LogP contribution in [0.1, 0.15) is 17.5 Å². The van der Waals surface area contributed by atoms with Crippen LogP contribution in [0.3, 0.4) is 0 Å². The molecular formula is C17H14N3O3S2-. The molecule has 25 heavy (non-hydrogen) atoms. The summed E-state index contributed by atoms with van der Waals surface area (Å²) in [5, 5.41) is 14.9. The minimum Gasteiger partial charge on any atom is -0.550 e. The summed E-state index contributed by atoms with van der Waals surface area (Å²) in [6.45, 7) is 0.666. The Morgan fingerprint density at radius 3 is 2.80 bits per heavy atom. The van der Waals surface area contributed by atoms with Crippen LogP contribution in [0.5, 0.6) is 0 Å². The molecule has 6 nitrogen and oxygen atoms in total. The number of carbonyl (C=O) groups is 2. The van der Waals surface area contributed by atoms with Crippen LogP contribution >= 0.6 is 24.0 Å². The Balaban J connectivity index is 1.70. The molecule has 2 aromatic rings. The SMILES string of the molecule is O=C([O-])CCN1C(=O)/C(=C\c2cnn(Cc3ccccc3)c2)SC1=S. The minimum atomic E-state index is -1.21. The zero-order chi connectivity index (χ0) is 17.8. The van der Waals surface area contributed by atoms with Crippen molar-refractivity contribution in [3.63, 3.8) is 0 Å². The first kappa shape index (κ1) is 17.4. The molecule has 0 atom stereocenters. The number of amides is 1. The van der Waals surface area contributed by atoms with E-state index in [0.717, 1.165) is 22.9 Å². The molecule has 0 radical (unpaired) electrons. The van der Waals surface area contributed by atoms with Gasteiger partial charge in [-0.3, -0.25) is 14.4 Å². The van der Waals surface area contributed by atoms with Crippen molar-refractivity contribution in [2.24, 2.45) is 0 Å². The Labute approximate surface area is 154 Å². The Morgan fingerprint density at radius 1 is 1.32 bits per heavy atom. The van der Waals surface area contributed by atoms with E-state index in [1.54, 1.807) is 17.0 Å². The molecule has 1 fully saturated rings. The number of carboxylic acids is 1. The van der Waals surface area contributed by atoms with Crippen molar-refractivity contribution in [1.29, 1.82) is 0 Å². The summed E-state index contributed by atoms with van der Waals surface area (Å²) in [5.74, 6) is -1.49. The topological polar surface area (TPSA) is 78.3 Å². The smallest absolute Gasteiger partial charge is 0.266 e.